The molecule has 1 heterocycles. The maximum absolute atomic E-state index is 5.81. The van der Waals surface area contributed by atoms with Gasteiger partial charge in [-0.25, -0.2) is 0 Å². The molecule has 1 nitrogen and oxygen atoms in total. The molecule has 1 heteroatoms. The van der Waals surface area contributed by atoms with E-state index < -0.39 is 0 Å². The summed E-state index contributed by atoms with van der Waals surface area (Å²) in [6, 6.07) is 8.53. The second-order valence-electron chi connectivity index (χ2n) is 4.50. The zero-order chi connectivity index (χ0) is 10.1. The monoisotopic (exact) mass is 200 g/mol. The van der Waals surface area contributed by atoms with Crippen LogP contribution in [0.5, 0.6) is 5.75 Å². The number of benzene rings is 1. The number of allylic oxidation sites excluding steroid dienone is 2. The Bertz CT molecular complexity index is 381. The van der Waals surface area contributed by atoms with E-state index in [0.29, 0.717) is 11.8 Å². The number of hydrogen-bond donors (Lipinski definition) is 0. The van der Waals surface area contributed by atoms with Crippen LogP contribution in [0.25, 0.3) is 0 Å². The van der Waals surface area contributed by atoms with Gasteiger partial charge in [-0.15, -0.1) is 0 Å². The summed E-state index contributed by atoms with van der Waals surface area (Å²) < 4.78 is 5.81. The summed E-state index contributed by atoms with van der Waals surface area (Å²) in [6.07, 6.45) is 8.32. The Hall–Kier alpha value is -1.24. The van der Waals surface area contributed by atoms with Crippen LogP contribution in [0, 0.1) is 5.92 Å². The van der Waals surface area contributed by atoms with Gasteiger partial charge in [-0.05, 0) is 36.8 Å². The molecule has 3 rings (SSSR count). The SMILES string of the molecule is C1=CCC2COc3ccccc3C2CC1. The van der Waals surface area contributed by atoms with Gasteiger partial charge < -0.3 is 4.74 Å². The molecule has 0 aromatic heterocycles. The minimum Gasteiger partial charge on any atom is -0.493 e. The van der Waals surface area contributed by atoms with Crippen LogP contribution in [-0.4, -0.2) is 6.61 Å². The van der Waals surface area contributed by atoms with Crippen molar-refractivity contribution >= 4 is 0 Å². The molecular weight excluding hydrogens is 184 g/mol. The van der Waals surface area contributed by atoms with Crippen LogP contribution in [0.4, 0.5) is 0 Å². The van der Waals surface area contributed by atoms with Gasteiger partial charge in [0.15, 0.2) is 0 Å². The number of para-hydroxylation sites is 1. The van der Waals surface area contributed by atoms with Crippen LogP contribution in [-0.2, 0) is 0 Å². The van der Waals surface area contributed by atoms with Crippen molar-refractivity contribution < 1.29 is 4.74 Å². The summed E-state index contributed by atoms with van der Waals surface area (Å²) in [4.78, 5) is 0. The molecule has 0 radical (unpaired) electrons. The van der Waals surface area contributed by atoms with Gasteiger partial charge in [-0.3, -0.25) is 0 Å². The molecule has 0 amide bonds. The van der Waals surface area contributed by atoms with E-state index in [1.807, 2.05) is 0 Å². The fourth-order valence-electron chi connectivity index (χ4n) is 2.77. The molecule has 2 unspecified atom stereocenters. The third-order valence-electron chi connectivity index (χ3n) is 3.59. The lowest BCUT2D eigenvalue weighted by molar-refractivity contribution is 0.192. The van der Waals surface area contributed by atoms with Crippen LogP contribution in [0.2, 0.25) is 0 Å². The van der Waals surface area contributed by atoms with Crippen LogP contribution in [0.3, 0.4) is 0 Å². The number of ether oxygens (including phenoxy) is 1. The van der Waals surface area contributed by atoms with Crippen molar-refractivity contribution in [2.24, 2.45) is 5.92 Å². The number of rotatable bonds is 0. The van der Waals surface area contributed by atoms with Crippen molar-refractivity contribution in [1.82, 2.24) is 0 Å². The van der Waals surface area contributed by atoms with Crippen LogP contribution in [0.15, 0.2) is 36.4 Å². The molecule has 0 fully saturated rings. The molecule has 2 atom stereocenters. The predicted molar refractivity (Wildman–Crippen MR) is 61.2 cm³/mol. The second kappa shape index (κ2) is 3.73. The molecule has 78 valence electrons. The average molecular weight is 200 g/mol. The summed E-state index contributed by atoms with van der Waals surface area (Å²) in [5.41, 5.74) is 1.43. The summed E-state index contributed by atoms with van der Waals surface area (Å²) in [5.74, 6) is 2.52. The Morgan fingerprint density at radius 3 is 3.07 bits per heavy atom. The van der Waals surface area contributed by atoms with Crippen LogP contribution in [0.1, 0.15) is 30.7 Å². The Kier molecular flexibility index (Phi) is 2.24. The Balaban J connectivity index is 1.98. The van der Waals surface area contributed by atoms with E-state index in [-0.39, 0.29) is 0 Å². The highest BCUT2D eigenvalue weighted by molar-refractivity contribution is 5.38. The van der Waals surface area contributed by atoms with E-state index in [4.69, 9.17) is 4.74 Å². The smallest absolute Gasteiger partial charge is 0.122 e. The molecule has 0 saturated carbocycles. The standard InChI is InChI=1S/C14H16O/c1-2-6-11-10-15-14-9-5-4-8-13(14)12(11)7-3-1/h1-2,4-5,8-9,11-12H,3,6-7,10H2. The fourth-order valence-corrected chi connectivity index (χ4v) is 2.77. The van der Waals surface area contributed by atoms with Gasteiger partial charge in [-0.2, -0.15) is 0 Å². The normalized spacial score (nSPS) is 28.5. The minimum atomic E-state index is 0.693. The highest BCUT2D eigenvalue weighted by Crippen LogP contribution is 2.42. The van der Waals surface area contributed by atoms with Crippen molar-refractivity contribution in [2.45, 2.75) is 25.2 Å². The molecule has 0 bridgehead atoms. The Morgan fingerprint density at radius 1 is 1.13 bits per heavy atom. The molecule has 1 aromatic carbocycles. The first kappa shape index (κ1) is 9.02. The zero-order valence-corrected chi connectivity index (χ0v) is 8.86. The largest absolute Gasteiger partial charge is 0.493 e. The lowest BCUT2D eigenvalue weighted by Crippen LogP contribution is -2.25. The Morgan fingerprint density at radius 2 is 2.07 bits per heavy atom. The van der Waals surface area contributed by atoms with Gasteiger partial charge in [0.05, 0.1) is 6.61 Å². The number of fused-ring (bicyclic) bond motifs is 3. The molecule has 2 aliphatic rings. The van der Waals surface area contributed by atoms with Crippen molar-refractivity contribution in [3.63, 3.8) is 0 Å². The first-order valence-electron chi connectivity index (χ1n) is 5.82. The van der Waals surface area contributed by atoms with Crippen molar-refractivity contribution in [3.8, 4) is 5.75 Å². The highest BCUT2D eigenvalue weighted by atomic mass is 16.5. The lowest BCUT2D eigenvalue weighted by atomic mass is 9.81. The maximum atomic E-state index is 5.81. The quantitative estimate of drug-likeness (QED) is 0.582. The van der Waals surface area contributed by atoms with E-state index in [2.05, 4.69) is 36.4 Å². The third-order valence-corrected chi connectivity index (χ3v) is 3.59. The molecule has 1 aliphatic carbocycles. The second-order valence-corrected chi connectivity index (χ2v) is 4.50. The van der Waals surface area contributed by atoms with Crippen LogP contribution < -0.4 is 4.74 Å². The molecule has 1 aromatic rings. The van der Waals surface area contributed by atoms with Crippen molar-refractivity contribution in [2.75, 3.05) is 6.61 Å². The molecule has 15 heavy (non-hydrogen) atoms. The fraction of sp³-hybridized carbons (Fsp3) is 0.429. The van der Waals surface area contributed by atoms with E-state index in [0.717, 1.165) is 12.4 Å². The summed E-state index contributed by atoms with van der Waals surface area (Å²) >= 11 is 0. The van der Waals surface area contributed by atoms with Gasteiger partial charge in [0, 0.05) is 5.92 Å². The van der Waals surface area contributed by atoms with E-state index in [1.165, 1.54) is 24.8 Å². The molecular formula is C14H16O. The molecule has 0 saturated heterocycles. The number of hydrogen-bond acceptors (Lipinski definition) is 1. The molecule has 0 spiro atoms. The summed E-state index contributed by atoms with van der Waals surface area (Å²) in [5, 5.41) is 0. The predicted octanol–water partition coefficient (Wildman–Crippen LogP) is 3.52. The summed E-state index contributed by atoms with van der Waals surface area (Å²) in [7, 11) is 0. The van der Waals surface area contributed by atoms with E-state index in [9.17, 15) is 0 Å². The molecule has 1 aliphatic heterocycles. The first-order valence-corrected chi connectivity index (χ1v) is 5.82. The third kappa shape index (κ3) is 1.56. The van der Waals surface area contributed by atoms with E-state index >= 15 is 0 Å². The minimum absolute atomic E-state index is 0.693. The van der Waals surface area contributed by atoms with Gasteiger partial charge in [-0.1, -0.05) is 30.4 Å². The van der Waals surface area contributed by atoms with Crippen LogP contribution >= 0.6 is 0 Å². The van der Waals surface area contributed by atoms with Crippen molar-refractivity contribution in [1.29, 1.82) is 0 Å². The summed E-state index contributed by atoms with van der Waals surface area (Å²) in [6.45, 7) is 0.895. The van der Waals surface area contributed by atoms with Gasteiger partial charge in [0.25, 0.3) is 0 Å². The lowest BCUT2D eigenvalue weighted by Gasteiger charge is -2.32. The topological polar surface area (TPSA) is 9.23 Å². The Labute approximate surface area is 90.8 Å². The van der Waals surface area contributed by atoms with Gasteiger partial charge in [0.1, 0.15) is 5.75 Å². The van der Waals surface area contributed by atoms with Gasteiger partial charge >= 0.3 is 0 Å². The highest BCUT2D eigenvalue weighted by Gasteiger charge is 2.30. The van der Waals surface area contributed by atoms with Gasteiger partial charge in [0.2, 0.25) is 0 Å². The average Bonchev–Trinajstić information content (AvgIpc) is 2.54. The van der Waals surface area contributed by atoms with Crippen molar-refractivity contribution in [3.05, 3.63) is 42.0 Å². The van der Waals surface area contributed by atoms with E-state index in [1.54, 1.807) is 0 Å². The zero-order valence-electron chi connectivity index (χ0n) is 8.86. The molecule has 0 N–H and O–H groups in total. The first-order chi connectivity index (χ1) is 7.45. The maximum Gasteiger partial charge on any atom is 0.122 e.